The van der Waals surface area contributed by atoms with Crippen LogP contribution in [0.2, 0.25) is 0 Å². The van der Waals surface area contributed by atoms with Gasteiger partial charge < -0.3 is 10.6 Å². The number of nitrogens with one attached hydrogen (secondary N) is 2. The van der Waals surface area contributed by atoms with Crippen molar-refractivity contribution in [3.05, 3.63) is 176 Å². The lowest BCUT2D eigenvalue weighted by Gasteiger charge is -2.17. The van der Waals surface area contributed by atoms with Gasteiger partial charge in [0.25, 0.3) is 0 Å². The first kappa shape index (κ1) is 26.5. The van der Waals surface area contributed by atoms with Crippen molar-refractivity contribution >= 4 is 17.1 Å². The molecule has 0 aliphatic heterocycles. The summed E-state index contributed by atoms with van der Waals surface area (Å²) >= 11 is 0. The van der Waals surface area contributed by atoms with Gasteiger partial charge in [-0.3, -0.25) is 0 Å². The highest BCUT2D eigenvalue weighted by molar-refractivity contribution is 5.76. The van der Waals surface area contributed by atoms with Crippen LogP contribution in [0.1, 0.15) is 24.0 Å². The van der Waals surface area contributed by atoms with E-state index in [2.05, 4.69) is 132 Å². The van der Waals surface area contributed by atoms with Crippen molar-refractivity contribution in [1.29, 1.82) is 0 Å². The molecule has 0 heterocycles. The molecule has 5 rings (SSSR count). The third-order valence-corrected chi connectivity index (χ3v) is 6.90. The minimum atomic E-state index is 0.107. The topological polar surface area (TPSA) is 24.1 Å². The van der Waals surface area contributed by atoms with Gasteiger partial charge in [-0.05, 0) is 70.6 Å². The van der Waals surface area contributed by atoms with Crippen LogP contribution in [0.4, 0.5) is 17.1 Å². The van der Waals surface area contributed by atoms with Gasteiger partial charge >= 0.3 is 0 Å². The summed E-state index contributed by atoms with van der Waals surface area (Å²) in [5.74, 6) is 0.107. The van der Waals surface area contributed by atoms with Gasteiger partial charge in [0.2, 0.25) is 0 Å². The highest BCUT2D eigenvalue weighted by atomic mass is 14.9. The van der Waals surface area contributed by atoms with Crippen LogP contribution in [0.3, 0.4) is 0 Å². The van der Waals surface area contributed by atoms with Gasteiger partial charge in [-0.1, -0.05) is 121 Å². The van der Waals surface area contributed by atoms with E-state index in [1.807, 2.05) is 49.6 Å². The Bertz CT molecular complexity index is 1610. The first-order valence-corrected chi connectivity index (χ1v) is 13.6. The third-order valence-electron chi connectivity index (χ3n) is 6.90. The Labute approximate surface area is 238 Å². The van der Waals surface area contributed by atoms with E-state index >= 15 is 0 Å². The lowest BCUT2D eigenvalue weighted by molar-refractivity contribution is 1.03. The van der Waals surface area contributed by atoms with E-state index in [0.717, 1.165) is 17.1 Å². The molecule has 2 N–H and O–H groups in total. The minimum Gasteiger partial charge on any atom is -0.360 e. The van der Waals surface area contributed by atoms with E-state index in [1.165, 1.54) is 33.4 Å². The van der Waals surface area contributed by atoms with Gasteiger partial charge in [0, 0.05) is 17.8 Å². The predicted molar refractivity (Wildman–Crippen MR) is 173 cm³/mol. The molecule has 0 amide bonds. The lowest BCUT2D eigenvalue weighted by atomic mass is 9.88. The Balaban J connectivity index is 1.35. The molecule has 196 valence electrons. The van der Waals surface area contributed by atoms with E-state index in [1.54, 1.807) is 0 Å². The normalized spacial score (nSPS) is 11.9. The average Bonchev–Trinajstić information content (AvgIpc) is 3.02. The summed E-state index contributed by atoms with van der Waals surface area (Å²) in [6.45, 7) is 6.19. The molecule has 1 unspecified atom stereocenters. The zero-order chi connectivity index (χ0) is 27.6. The predicted octanol–water partition coefficient (Wildman–Crippen LogP) is 10.6. The highest BCUT2D eigenvalue weighted by Crippen LogP contribution is 2.33. The Hall–Kier alpha value is -5.08. The molecule has 5 aromatic rings. The third kappa shape index (κ3) is 6.48. The Kier molecular flexibility index (Phi) is 8.70. The molecule has 0 aromatic heterocycles. The smallest absolute Gasteiger partial charge is 0.0623 e. The van der Waals surface area contributed by atoms with E-state index in [9.17, 15) is 0 Å². The fourth-order valence-electron chi connectivity index (χ4n) is 4.84. The summed E-state index contributed by atoms with van der Waals surface area (Å²) in [5, 5.41) is 6.90. The number of rotatable bonds is 10. The summed E-state index contributed by atoms with van der Waals surface area (Å²) < 4.78 is 0. The van der Waals surface area contributed by atoms with Crippen molar-refractivity contribution in [2.45, 2.75) is 12.8 Å². The monoisotopic (exact) mass is 518 g/mol. The molecule has 0 radical (unpaired) electrons. The molecule has 0 aliphatic carbocycles. The summed E-state index contributed by atoms with van der Waals surface area (Å²) in [6, 6.07) is 44.9. The van der Waals surface area contributed by atoms with Gasteiger partial charge in [-0.25, -0.2) is 0 Å². The number of benzene rings is 5. The van der Waals surface area contributed by atoms with Crippen molar-refractivity contribution in [2.75, 3.05) is 10.6 Å². The fourth-order valence-corrected chi connectivity index (χ4v) is 4.84. The molecule has 0 saturated carbocycles. The van der Waals surface area contributed by atoms with Crippen LogP contribution in [0, 0.1) is 0 Å². The molecule has 0 bridgehead atoms. The van der Waals surface area contributed by atoms with Crippen LogP contribution >= 0.6 is 0 Å². The molecule has 0 aliphatic rings. The maximum absolute atomic E-state index is 4.18. The average molecular weight is 519 g/mol. The summed E-state index contributed by atoms with van der Waals surface area (Å²) in [5.41, 5.74) is 10.3. The van der Waals surface area contributed by atoms with Crippen LogP contribution in [0.25, 0.3) is 22.3 Å². The van der Waals surface area contributed by atoms with Crippen molar-refractivity contribution < 1.29 is 0 Å². The summed E-state index contributed by atoms with van der Waals surface area (Å²) in [7, 11) is 0. The molecular weight excluding hydrogens is 484 g/mol. The summed E-state index contributed by atoms with van der Waals surface area (Å²) in [6.07, 6.45) is 9.95. The number of allylic oxidation sites excluding steroid dienone is 4. The Morgan fingerprint density at radius 2 is 1.15 bits per heavy atom. The van der Waals surface area contributed by atoms with Gasteiger partial charge in [0.05, 0.1) is 11.4 Å². The largest absolute Gasteiger partial charge is 0.360 e. The molecule has 2 nitrogen and oxygen atoms in total. The van der Waals surface area contributed by atoms with Gasteiger partial charge in [0.15, 0.2) is 0 Å². The molecule has 0 spiro atoms. The maximum atomic E-state index is 4.18. The Morgan fingerprint density at radius 1 is 0.575 bits per heavy atom. The van der Waals surface area contributed by atoms with E-state index in [4.69, 9.17) is 0 Å². The quantitative estimate of drug-likeness (QED) is 0.142. The van der Waals surface area contributed by atoms with Crippen LogP contribution in [-0.2, 0) is 0 Å². The second-order valence-electron chi connectivity index (χ2n) is 9.61. The van der Waals surface area contributed by atoms with E-state index in [0.29, 0.717) is 0 Å². The van der Waals surface area contributed by atoms with Gasteiger partial charge in [0.1, 0.15) is 0 Å². The SMILES string of the molecule is C=CC(c1cccc(-c2ccccc2)c1)c1cccc(-c2ccc(Nc3ccccc3N/C=C\C=C/C)cc2)c1. The number of hydrogen-bond donors (Lipinski definition) is 2. The highest BCUT2D eigenvalue weighted by Gasteiger charge is 2.13. The minimum absolute atomic E-state index is 0.107. The van der Waals surface area contributed by atoms with Crippen LogP contribution < -0.4 is 10.6 Å². The first-order valence-electron chi connectivity index (χ1n) is 13.6. The number of hydrogen-bond acceptors (Lipinski definition) is 2. The molecule has 5 aromatic carbocycles. The first-order chi connectivity index (χ1) is 19.7. The maximum Gasteiger partial charge on any atom is 0.0623 e. The van der Waals surface area contributed by atoms with Gasteiger partial charge in [-0.2, -0.15) is 0 Å². The molecular formula is C38H34N2. The number of para-hydroxylation sites is 2. The standard InChI is InChI=1S/C38H34N2/c1-3-5-11-26-39-37-20-9-10-21-38(37)40-35-24-22-30(23-25-35)32-17-13-19-34(28-32)36(4-2)33-18-12-16-31(27-33)29-14-7-6-8-15-29/h3-28,36,39-40H,2H2,1H3/b5-3-,26-11-. The molecule has 1 atom stereocenters. The van der Waals surface area contributed by atoms with Crippen LogP contribution in [0.5, 0.6) is 0 Å². The molecule has 0 saturated heterocycles. The second kappa shape index (κ2) is 13.1. The molecule has 0 fully saturated rings. The summed E-state index contributed by atoms with van der Waals surface area (Å²) in [4.78, 5) is 0. The lowest BCUT2D eigenvalue weighted by Crippen LogP contribution is -1.98. The van der Waals surface area contributed by atoms with Crippen molar-refractivity contribution in [1.82, 2.24) is 0 Å². The van der Waals surface area contributed by atoms with Crippen LogP contribution in [-0.4, -0.2) is 0 Å². The molecule has 2 heteroatoms. The van der Waals surface area contributed by atoms with Crippen molar-refractivity contribution in [3.8, 4) is 22.3 Å². The van der Waals surface area contributed by atoms with Crippen molar-refractivity contribution in [3.63, 3.8) is 0 Å². The molecule has 40 heavy (non-hydrogen) atoms. The fraction of sp³-hybridized carbons (Fsp3) is 0.0526. The zero-order valence-electron chi connectivity index (χ0n) is 22.8. The zero-order valence-corrected chi connectivity index (χ0v) is 22.8. The van der Waals surface area contributed by atoms with Gasteiger partial charge in [-0.15, -0.1) is 6.58 Å². The Morgan fingerprint density at radius 3 is 1.77 bits per heavy atom. The van der Waals surface area contributed by atoms with E-state index < -0.39 is 0 Å². The van der Waals surface area contributed by atoms with E-state index in [-0.39, 0.29) is 5.92 Å². The van der Waals surface area contributed by atoms with Crippen molar-refractivity contribution in [2.24, 2.45) is 0 Å². The van der Waals surface area contributed by atoms with Crippen LogP contribution in [0.15, 0.2) is 164 Å². The second-order valence-corrected chi connectivity index (χ2v) is 9.61. The number of anilines is 3.